The average molecular weight is 253 g/mol. The largest absolute Gasteiger partial charge is 0.230 e. The summed E-state index contributed by atoms with van der Waals surface area (Å²) in [5, 5.41) is 0.626. The highest BCUT2D eigenvalue weighted by molar-refractivity contribution is 7.99. The maximum absolute atomic E-state index is 13.9. The second kappa shape index (κ2) is 5.37. The Morgan fingerprint density at radius 2 is 1.56 bits per heavy atom. The van der Waals surface area contributed by atoms with Gasteiger partial charge in [0.15, 0.2) is 5.50 Å². The van der Waals surface area contributed by atoms with E-state index in [1.54, 1.807) is 24.3 Å². The first-order valence-corrected chi connectivity index (χ1v) is 6.13. The minimum Gasteiger partial charge on any atom is -0.230 e. The Morgan fingerprint density at radius 1 is 0.938 bits per heavy atom. The van der Waals surface area contributed by atoms with Gasteiger partial charge in [-0.3, -0.25) is 0 Å². The van der Waals surface area contributed by atoms with Gasteiger partial charge in [-0.2, -0.15) is 0 Å². The van der Waals surface area contributed by atoms with Crippen LogP contribution >= 0.6 is 23.4 Å². The Labute approximate surface area is 103 Å². The lowest BCUT2D eigenvalue weighted by Crippen LogP contribution is -1.85. The van der Waals surface area contributed by atoms with Gasteiger partial charge < -0.3 is 0 Å². The summed E-state index contributed by atoms with van der Waals surface area (Å²) in [6, 6.07) is 16.3. The molecule has 1 atom stereocenters. The van der Waals surface area contributed by atoms with Gasteiger partial charge in [-0.25, -0.2) is 4.39 Å². The highest BCUT2D eigenvalue weighted by Gasteiger charge is 2.10. The zero-order chi connectivity index (χ0) is 11.4. The van der Waals surface area contributed by atoms with Crippen LogP contribution < -0.4 is 0 Å². The first-order valence-electron chi connectivity index (χ1n) is 4.87. The van der Waals surface area contributed by atoms with E-state index in [-0.39, 0.29) is 0 Å². The number of alkyl halides is 1. The topological polar surface area (TPSA) is 0 Å². The van der Waals surface area contributed by atoms with Crippen LogP contribution in [-0.2, 0) is 0 Å². The maximum Gasteiger partial charge on any atom is 0.175 e. The third-order valence-electron chi connectivity index (χ3n) is 2.11. The fourth-order valence-electron chi connectivity index (χ4n) is 1.30. The van der Waals surface area contributed by atoms with Gasteiger partial charge in [0.2, 0.25) is 0 Å². The molecule has 0 aromatic heterocycles. The van der Waals surface area contributed by atoms with E-state index in [9.17, 15) is 4.39 Å². The quantitative estimate of drug-likeness (QED) is 0.685. The van der Waals surface area contributed by atoms with E-state index >= 15 is 0 Å². The molecular formula is C13H10ClFS. The van der Waals surface area contributed by atoms with Crippen LogP contribution in [0, 0.1) is 0 Å². The number of benzene rings is 2. The van der Waals surface area contributed by atoms with E-state index in [1.807, 2.05) is 30.3 Å². The fourth-order valence-corrected chi connectivity index (χ4v) is 2.27. The van der Waals surface area contributed by atoms with E-state index in [4.69, 9.17) is 11.6 Å². The first-order chi connectivity index (χ1) is 7.75. The third-order valence-corrected chi connectivity index (χ3v) is 3.39. The SMILES string of the molecule is FC(Sc1ccccc1)c1ccc(Cl)cc1. The minimum atomic E-state index is -1.06. The number of thioether (sulfide) groups is 1. The summed E-state index contributed by atoms with van der Waals surface area (Å²) in [4.78, 5) is 0.921. The zero-order valence-electron chi connectivity index (χ0n) is 8.44. The smallest absolute Gasteiger partial charge is 0.175 e. The van der Waals surface area contributed by atoms with Crippen LogP contribution in [0.15, 0.2) is 59.5 Å². The van der Waals surface area contributed by atoms with E-state index in [2.05, 4.69) is 0 Å². The molecule has 16 heavy (non-hydrogen) atoms. The number of halogens is 2. The molecule has 2 aromatic carbocycles. The van der Waals surface area contributed by atoms with Gasteiger partial charge in [0.1, 0.15) is 0 Å². The van der Waals surface area contributed by atoms with Crippen LogP contribution in [0.2, 0.25) is 5.02 Å². The van der Waals surface area contributed by atoms with Crippen molar-refractivity contribution in [1.29, 1.82) is 0 Å². The summed E-state index contributed by atoms with van der Waals surface area (Å²) in [5.41, 5.74) is -0.419. The zero-order valence-corrected chi connectivity index (χ0v) is 10.0. The molecule has 2 rings (SSSR count). The molecule has 0 saturated carbocycles. The molecule has 0 heterocycles. The molecular weight excluding hydrogens is 243 g/mol. The number of rotatable bonds is 3. The standard InChI is InChI=1S/C13H10ClFS/c14-11-8-6-10(7-9-11)13(15)16-12-4-2-1-3-5-12/h1-9,13H. The minimum absolute atomic E-state index is 0.626. The van der Waals surface area contributed by atoms with E-state index in [0.29, 0.717) is 10.6 Å². The molecule has 3 heteroatoms. The Kier molecular flexibility index (Phi) is 3.86. The highest BCUT2D eigenvalue weighted by Crippen LogP contribution is 2.36. The monoisotopic (exact) mass is 252 g/mol. The highest BCUT2D eigenvalue weighted by atomic mass is 35.5. The summed E-state index contributed by atoms with van der Waals surface area (Å²) < 4.78 is 13.9. The van der Waals surface area contributed by atoms with Gasteiger partial charge in [-0.1, -0.05) is 53.7 Å². The summed E-state index contributed by atoms with van der Waals surface area (Å²) in [5.74, 6) is 0. The Balaban J connectivity index is 2.09. The lowest BCUT2D eigenvalue weighted by molar-refractivity contribution is 0.469. The Hall–Kier alpha value is -0.990. The van der Waals surface area contributed by atoms with E-state index in [1.165, 1.54) is 11.8 Å². The lowest BCUT2D eigenvalue weighted by Gasteiger charge is -2.08. The summed E-state index contributed by atoms with van der Waals surface area (Å²) in [6.07, 6.45) is 0. The van der Waals surface area contributed by atoms with Crippen molar-refractivity contribution in [1.82, 2.24) is 0 Å². The molecule has 0 saturated heterocycles. The number of hydrogen-bond acceptors (Lipinski definition) is 1. The summed E-state index contributed by atoms with van der Waals surface area (Å²) >= 11 is 6.94. The molecule has 82 valence electrons. The van der Waals surface area contributed by atoms with Gasteiger partial charge >= 0.3 is 0 Å². The van der Waals surface area contributed by atoms with Crippen LogP contribution in [0.25, 0.3) is 0 Å². The predicted molar refractivity (Wildman–Crippen MR) is 67.6 cm³/mol. The van der Waals surface area contributed by atoms with Gasteiger partial charge in [0.25, 0.3) is 0 Å². The summed E-state index contributed by atoms with van der Waals surface area (Å²) in [6.45, 7) is 0. The van der Waals surface area contributed by atoms with Crippen molar-refractivity contribution in [3.05, 3.63) is 65.2 Å². The Morgan fingerprint density at radius 3 is 2.19 bits per heavy atom. The van der Waals surface area contributed by atoms with Crippen molar-refractivity contribution in [3.63, 3.8) is 0 Å². The maximum atomic E-state index is 13.9. The van der Waals surface area contributed by atoms with Crippen molar-refractivity contribution in [2.24, 2.45) is 0 Å². The van der Waals surface area contributed by atoms with Crippen molar-refractivity contribution < 1.29 is 4.39 Å². The third kappa shape index (κ3) is 3.00. The lowest BCUT2D eigenvalue weighted by atomic mass is 10.2. The molecule has 0 nitrogen and oxygen atoms in total. The molecule has 0 aliphatic heterocycles. The van der Waals surface area contributed by atoms with Gasteiger partial charge in [-0.15, -0.1) is 0 Å². The first kappa shape index (κ1) is 11.5. The molecule has 0 spiro atoms. The second-order valence-corrected chi connectivity index (χ2v) is 4.86. The second-order valence-electron chi connectivity index (χ2n) is 3.30. The van der Waals surface area contributed by atoms with Gasteiger partial charge in [0, 0.05) is 9.92 Å². The van der Waals surface area contributed by atoms with Crippen molar-refractivity contribution in [2.75, 3.05) is 0 Å². The van der Waals surface area contributed by atoms with E-state index in [0.717, 1.165) is 4.90 Å². The van der Waals surface area contributed by atoms with Crippen LogP contribution in [0.4, 0.5) is 4.39 Å². The van der Waals surface area contributed by atoms with Crippen molar-refractivity contribution in [2.45, 2.75) is 10.4 Å². The molecule has 0 radical (unpaired) electrons. The predicted octanol–water partition coefficient (Wildman–Crippen LogP) is 5.10. The van der Waals surface area contributed by atoms with Crippen LogP contribution in [0.1, 0.15) is 11.1 Å². The van der Waals surface area contributed by atoms with Crippen molar-refractivity contribution in [3.8, 4) is 0 Å². The molecule has 2 aromatic rings. The van der Waals surface area contributed by atoms with Crippen molar-refractivity contribution >= 4 is 23.4 Å². The molecule has 0 bridgehead atoms. The Bertz CT molecular complexity index is 441. The normalized spacial score (nSPS) is 12.4. The summed E-state index contributed by atoms with van der Waals surface area (Å²) in [7, 11) is 0. The molecule has 0 amide bonds. The molecule has 0 aliphatic rings. The fraction of sp³-hybridized carbons (Fsp3) is 0.0769. The number of hydrogen-bond donors (Lipinski definition) is 0. The van der Waals surface area contributed by atoms with Gasteiger partial charge in [0.05, 0.1) is 0 Å². The molecule has 0 fully saturated rings. The van der Waals surface area contributed by atoms with Crippen LogP contribution in [0.3, 0.4) is 0 Å². The average Bonchev–Trinajstić information content (AvgIpc) is 2.31. The van der Waals surface area contributed by atoms with E-state index < -0.39 is 5.50 Å². The molecule has 0 N–H and O–H groups in total. The molecule has 1 unspecified atom stereocenters. The van der Waals surface area contributed by atoms with Gasteiger partial charge in [-0.05, 0) is 29.8 Å². The molecule has 0 aliphatic carbocycles. The van der Waals surface area contributed by atoms with Crippen LogP contribution in [0.5, 0.6) is 0 Å². The van der Waals surface area contributed by atoms with Crippen LogP contribution in [-0.4, -0.2) is 0 Å².